The molecule has 1 amide bonds. The van der Waals surface area contributed by atoms with Crippen LogP contribution < -0.4 is 5.32 Å². The van der Waals surface area contributed by atoms with E-state index in [0.29, 0.717) is 5.16 Å². The van der Waals surface area contributed by atoms with Gasteiger partial charge in [-0.05, 0) is 54.7 Å². The highest BCUT2D eigenvalue weighted by atomic mass is 32.2. The van der Waals surface area contributed by atoms with Crippen molar-refractivity contribution >= 4 is 23.4 Å². The Morgan fingerprint density at radius 2 is 1.73 bits per heavy atom. The molecular formula is C26H27N5OS. The molecule has 0 aliphatic rings. The summed E-state index contributed by atoms with van der Waals surface area (Å²) in [6.45, 7) is 6.27. The summed E-state index contributed by atoms with van der Waals surface area (Å²) < 4.78 is 2.08. The van der Waals surface area contributed by atoms with Gasteiger partial charge in [-0.15, -0.1) is 10.2 Å². The number of nitrogens with one attached hydrogen (secondary N) is 1. The number of para-hydroxylation sites is 2. The summed E-state index contributed by atoms with van der Waals surface area (Å²) in [5, 5.41) is 12.7. The molecule has 0 fully saturated rings. The maximum absolute atomic E-state index is 12.7. The number of amides is 1. The zero-order valence-electron chi connectivity index (χ0n) is 19.1. The first kappa shape index (κ1) is 22.7. The molecule has 0 bridgehead atoms. The molecule has 0 saturated heterocycles. The number of rotatable bonds is 8. The smallest absolute Gasteiger partial charge is 0.234 e. The number of carbonyl (C=O) groups excluding carboxylic acids is 1. The minimum absolute atomic E-state index is 0.0775. The molecule has 0 radical (unpaired) electrons. The van der Waals surface area contributed by atoms with Crippen LogP contribution in [0.1, 0.15) is 30.5 Å². The third-order valence-electron chi connectivity index (χ3n) is 5.49. The Kier molecular flexibility index (Phi) is 7.19. The van der Waals surface area contributed by atoms with Crippen molar-refractivity contribution in [2.45, 2.75) is 38.8 Å². The maximum atomic E-state index is 12.7. The molecule has 168 valence electrons. The van der Waals surface area contributed by atoms with Gasteiger partial charge in [0.25, 0.3) is 0 Å². The fourth-order valence-electron chi connectivity index (χ4n) is 3.78. The number of benzene rings is 2. The number of thioether (sulfide) groups is 1. The van der Waals surface area contributed by atoms with Crippen LogP contribution in [-0.4, -0.2) is 31.4 Å². The summed E-state index contributed by atoms with van der Waals surface area (Å²) >= 11 is 1.39. The SMILES string of the molecule is CCc1cccc(CC)c1-n1c(SCC(=O)Nc2ccccc2C)nnc1-c1cccnc1. The lowest BCUT2D eigenvalue weighted by atomic mass is 10.0. The van der Waals surface area contributed by atoms with Gasteiger partial charge in [0, 0.05) is 23.6 Å². The number of nitrogens with zero attached hydrogens (tertiary/aromatic N) is 4. The number of pyridine rings is 1. The molecule has 0 unspecified atom stereocenters. The largest absolute Gasteiger partial charge is 0.325 e. The Balaban J connectivity index is 1.71. The van der Waals surface area contributed by atoms with E-state index in [1.165, 1.54) is 22.9 Å². The van der Waals surface area contributed by atoms with E-state index in [2.05, 4.69) is 57.1 Å². The first-order valence-electron chi connectivity index (χ1n) is 11.1. The van der Waals surface area contributed by atoms with Crippen LogP contribution in [0.2, 0.25) is 0 Å². The number of carbonyl (C=O) groups is 1. The van der Waals surface area contributed by atoms with Gasteiger partial charge >= 0.3 is 0 Å². The molecule has 2 heterocycles. The van der Waals surface area contributed by atoms with Gasteiger partial charge < -0.3 is 5.32 Å². The fourth-order valence-corrected chi connectivity index (χ4v) is 4.52. The van der Waals surface area contributed by atoms with Gasteiger partial charge in [0.15, 0.2) is 11.0 Å². The first-order chi connectivity index (χ1) is 16.1. The first-order valence-corrected chi connectivity index (χ1v) is 12.1. The van der Waals surface area contributed by atoms with Crippen LogP contribution in [0.4, 0.5) is 5.69 Å². The third-order valence-corrected chi connectivity index (χ3v) is 6.42. The highest BCUT2D eigenvalue weighted by Gasteiger charge is 2.21. The molecule has 0 spiro atoms. The van der Waals surface area contributed by atoms with E-state index >= 15 is 0 Å². The molecule has 0 atom stereocenters. The van der Waals surface area contributed by atoms with Gasteiger partial charge in [-0.25, -0.2) is 0 Å². The van der Waals surface area contributed by atoms with Crippen molar-refractivity contribution in [2.24, 2.45) is 0 Å². The summed E-state index contributed by atoms with van der Waals surface area (Å²) in [6, 6.07) is 18.0. The number of aryl methyl sites for hydroxylation is 3. The zero-order chi connectivity index (χ0) is 23.2. The van der Waals surface area contributed by atoms with Crippen LogP contribution in [-0.2, 0) is 17.6 Å². The average molecular weight is 458 g/mol. The monoisotopic (exact) mass is 457 g/mol. The average Bonchev–Trinajstić information content (AvgIpc) is 3.27. The van der Waals surface area contributed by atoms with Crippen molar-refractivity contribution < 1.29 is 4.79 Å². The fraction of sp³-hybridized carbons (Fsp3) is 0.231. The normalized spacial score (nSPS) is 10.9. The van der Waals surface area contributed by atoms with Gasteiger partial charge in [-0.3, -0.25) is 14.3 Å². The number of aromatic nitrogens is 4. The van der Waals surface area contributed by atoms with E-state index in [0.717, 1.165) is 41.2 Å². The Bertz CT molecular complexity index is 1230. The van der Waals surface area contributed by atoms with Gasteiger partial charge in [0.05, 0.1) is 11.4 Å². The molecule has 2 aromatic carbocycles. The predicted molar refractivity (Wildman–Crippen MR) is 134 cm³/mol. The molecule has 4 rings (SSSR count). The summed E-state index contributed by atoms with van der Waals surface area (Å²) in [4.78, 5) is 17.0. The van der Waals surface area contributed by atoms with Crippen molar-refractivity contribution in [3.8, 4) is 17.1 Å². The van der Waals surface area contributed by atoms with Crippen LogP contribution in [0.3, 0.4) is 0 Å². The molecule has 6 nitrogen and oxygen atoms in total. The lowest BCUT2D eigenvalue weighted by Gasteiger charge is -2.18. The Morgan fingerprint density at radius 1 is 0.970 bits per heavy atom. The number of hydrogen-bond acceptors (Lipinski definition) is 5. The van der Waals surface area contributed by atoms with Crippen LogP contribution in [0, 0.1) is 6.92 Å². The second kappa shape index (κ2) is 10.4. The summed E-state index contributed by atoms with van der Waals surface area (Å²) in [6.07, 6.45) is 5.30. The molecule has 4 aromatic rings. The Morgan fingerprint density at radius 3 is 2.39 bits per heavy atom. The van der Waals surface area contributed by atoms with Gasteiger partial charge in [0.1, 0.15) is 0 Å². The molecule has 1 N–H and O–H groups in total. The molecule has 7 heteroatoms. The second-order valence-electron chi connectivity index (χ2n) is 7.67. The van der Waals surface area contributed by atoms with Crippen LogP contribution >= 0.6 is 11.8 Å². The molecule has 2 aromatic heterocycles. The summed E-state index contributed by atoms with van der Waals surface area (Å²) in [5.74, 6) is 0.877. The topological polar surface area (TPSA) is 72.7 Å². The zero-order valence-corrected chi connectivity index (χ0v) is 19.9. The molecular weight excluding hydrogens is 430 g/mol. The highest BCUT2D eigenvalue weighted by molar-refractivity contribution is 7.99. The second-order valence-corrected chi connectivity index (χ2v) is 8.61. The predicted octanol–water partition coefficient (Wildman–Crippen LogP) is 5.49. The summed E-state index contributed by atoms with van der Waals surface area (Å²) in [7, 11) is 0. The molecule has 0 aliphatic heterocycles. The molecule has 33 heavy (non-hydrogen) atoms. The van der Waals surface area contributed by atoms with Crippen molar-refractivity contribution in [1.82, 2.24) is 19.7 Å². The van der Waals surface area contributed by atoms with Crippen molar-refractivity contribution in [1.29, 1.82) is 0 Å². The van der Waals surface area contributed by atoms with Crippen molar-refractivity contribution in [2.75, 3.05) is 11.1 Å². The molecule has 0 saturated carbocycles. The Hall–Kier alpha value is -3.45. The van der Waals surface area contributed by atoms with Gasteiger partial charge in [-0.2, -0.15) is 0 Å². The van der Waals surface area contributed by atoms with Gasteiger partial charge in [0.2, 0.25) is 5.91 Å². The third kappa shape index (κ3) is 4.98. The minimum Gasteiger partial charge on any atom is -0.325 e. The van der Waals surface area contributed by atoms with E-state index in [1.54, 1.807) is 12.4 Å². The van der Waals surface area contributed by atoms with E-state index in [1.807, 2.05) is 43.3 Å². The lowest BCUT2D eigenvalue weighted by Crippen LogP contribution is -2.15. The lowest BCUT2D eigenvalue weighted by molar-refractivity contribution is -0.113. The van der Waals surface area contributed by atoms with E-state index in [-0.39, 0.29) is 11.7 Å². The molecule has 0 aliphatic carbocycles. The van der Waals surface area contributed by atoms with E-state index in [9.17, 15) is 4.79 Å². The van der Waals surface area contributed by atoms with E-state index in [4.69, 9.17) is 0 Å². The van der Waals surface area contributed by atoms with Crippen molar-refractivity contribution in [3.63, 3.8) is 0 Å². The van der Waals surface area contributed by atoms with Crippen LogP contribution in [0.15, 0.2) is 72.1 Å². The summed E-state index contributed by atoms with van der Waals surface area (Å²) in [5.41, 5.74) is 6.26. The number of anilines is 1. The minimum atomic E-state index is -0.0775. The van der Waals surface area contributed by atoms with Crippen LogP contribution in [0.5, 0.6) is 0 Å². The van der Waals surface area contributed by atoms with E-state index < -0.39 is 0 Å². The standard InChI is InChI=1S/C26H27N5OS/c1-4-19-11-8-12-20(5-2)24(19)31-25(21-13-9-15-27-16-21)29-30-26(31)33-17-23(32)28-22-14-7-6-10-18(22)3/h6-16H,4-5,17H2,1-3H3,(H,28,32). The van der Waals surface area contributed by atoms with Crippen LogP contribution in [0.25, 0.3) is 17.1 Å². The Labute approximate surface area is 198 Å². The van der Waals surface area contributed by atoms with Gasteiger partial charge in [-0.1, -0.05) is 62.0 Å². The van der Waals surface area contributed by atoms with Crippen molar-refractivity contribution in [3.05, 3.63) is 83.7 Å². The highest BCUT2D eigenvalue weighted by Crippen LogP contribution is 2.32. The maximum Gasteiger partial charge on any atom is 0.234 e. The quantitative estimate of drug-likeness (QED) is 0.354. The number of hydrogen-bond donors (Lipinski definition) is 1.